The van der Waals surface area contributed by atoms with Gasteiger partial charge in [-0.25, -0.2) is 0 Å². The third-order valence-corrected chi connectivity index (χ3v) is 2.39. The highest BCUT2D eigenvalue weighted by Gasteiger charge is 2.45. The molecule has 0 bridgehead atoms. The van der Waals surface area contributed by atoms with E-state index in [-0.39, 0.29) is 17.4 Å². The zero-order chi connectivity index (χ0) is 12.4. The number of rotatable bonds is 4. The number of nitrogens with two attached hydrogens (primary N) is 1. The molecule has 1 aliphatic rings. The molecule has 0 aromatic carbocycles. The van der Waals surface area contributed by atoms with Crippen molar-refractivity contribution in [1.29, 1.82) is 0 Å². The zero-order valence-electron chi connectivity index (χ0n) is 10.2. The lowest BCUT2D eigenvalue weighted by molar-refractivity contribution is -0.124. The molecular weight excluding hydrogens is 206 g/mol. The van der Waals surface area contributed by atoms with Gasteiger partial charge >= 0.3 is 0 Å². The molecule has 0 saturated heterocycles. The summed E-state index contributed by atoms with van der Waals surface area (Å²) in [7, 11) is 0. The molecule has 0 unspecified atom stereocenters. The van der Waals surface area contributed by atoms with Crippen molar-refractivity contribution in [3.05, 3.63) is 0 Å². The summed E-state index contributed by atoms with van der Waals surface area (Å²) in [6.45, 7) is 6.10. The second-order valence-electron chi connectivity index (χ2n) is 5.46. The van der Waals surface area contributed by atoms with Crippen LogP contribution < -0.4 is 16.4 Å². The van der Waals surface area contributed by atoms with Gasteiger partial charge in [-0.15, -0.1) is 0 Å². The van der Waals surface area contributed by atoms with Gasteiger partial charge in [0.15, 0.2) is 0 Å². The fourth-order valence-corrected chi connectivity index (χ4v) is 1.31. The molecule has 92 valence electrons. The van der Waals surface area contributed by atoms with Crippen LogP contribution in [0, 0.1) is 0 Å². The van der Waals surface area contributed by atoms with Gasteiger partial charge in [-0.1, -0.05) is 0 Å². The maximum Gasteiger partial charge on any atom is 0.240 e. The Balaban J connectivity index is 2.16. The number of carbonyl (C=O) groups is 2. The molecule has 2 amide bonds. The first kappa shape index (κ1) is 13.0. The van der Waals surface area contributed by atoms with E-state index in [9.17, 15) is 9.59 Å². The normalized spacial score (nSPS) is 17.8. The minimum atomic E-state index is -0.652. The first-order valence-corrected chi connectivity index (χ1v) is 5.61. The van der Waals surface area contributed by atoms with Crippen LogP contribution in [0.3, 0.4) is 0 Å². The summed E-state index contributed by atoms with van der Waals surface area (Å²) >= 11 is 0. The average molecular weight is 227 g/mol. The smallest absolute Gasteiger partial charge is 0.240 e. The van der Waals surface area contributed by atoms with E-state index in [1.54, 1.807) is 0 Å². The van der Waals surface area contributed by atoms with E-state index in [4.69, 9.17) is 5.73 Å². The van der Waals surface area contributed by atoms with Crippen molar-refractivity contribution in [3.63, 3.8) is 0 Å². The topological polar surface area (TPSA) is 84.2 Å². The number of hydrogen-bond acceptors (Lipinski definition) is 3. The summed E-state index contributed by atoms with van der Waals surface area (Å²) in [5.41, 5.74) is 4.81. The highest BCUT2D eigenvalue weighted by atomic mass is 16.2. The van der Waals surface area contributed by atoms with E-state index in [0.717, 1.165) is 12.8 Å². The Hall–Kier alpha value is -1.10. The fourth-order valence-electron chi connectivity index (χ4n) is 1.31. The minimum absolute atomic E-state index is 0.0605. The van der Waals surface area contributed by atoms with Crippen LogP contribution in [0.15, 0.2) is 0 Å². The molecule has 1 saturated carbocycles. The Morgan fingerprint density at radius 2 is 1.88 bits per heavy atom. The molecule has 0 atom stereocenters. The van der Waals surface area contributed by atoms with E-state index < -0.39 is 5.54 Å². The largest absolute Gasteiger partial charge is 0.354 e. The van der Waals surface area contributed by atoms with E-state index in [2.05, 4.69) is 10.6 Å². The van der Waals surface area contributed by atoms with Crippen molar-refractivity contribution in [1.82, 2.24) is 10.6 Å². The van der Waals surface area contributed by atoms with Crippen LogP contribution in [0.4, 0.5) is 0 Å². The predicted octanol–water partition coefficient (Wildman–Crippen LogP) is -0.101. The average Bonchev–Trinajstić information content (AvgIpc) is 2.81. The SMILES string of the molecule is CC(C)(C)NC(=O)CCNC(=O)C1(N)CC1. The summed E-state index contributed by atoms with van der Waals surface area (Å²) in [4.78, 5) is 22.8. The van der Waals surface area contributed by atoms with Crippen LogP contribution in [0.1, 0.15) is 40.0 Å². The minimum Gasteiger partial charge on any atom is -0.354 e. The predicted molar refractivity (Wildman–Crippen MR) is 61.7 cm³/mol. The first-order chi connectivity index (χ1) is 7.23. The van der Waals surface area contributed by atoms with Gasteiger partial charge in [0.05, 0.1) is 5.54 Å². The molecule has 4 N–H and O–H groups in total. The zero-order valence-corrected chi connectivity index (χ0v) is 10.2. The summed E-state index contributed by atoms with van der Waals surface area (Å²) in [5, 5.41) is 5.50. The van der Waals surface area contributed by atoms with Crippen LogP contribution >= 0.6 is 0 Å². The van der Waals surface area contributed by atoms with Gasteiger partial charge in [-0.05, 0) is 33.6 Å². The molecule has 1 fully saturated rings. The number of amides is 2. The molecule has 5 nitrogen and oxygen atoms in total. The Morgan fingerprint density at radius 3 is 2.31 bits per heavy atom. The summed E-state index contributed by atoms with van der Waals surface area (Å²) < 4.78 is 0. The lowest BCUT2D eigenvalue weighted by Crippen LogP contribution is -2.45. The fraction of sp³-hybridized carbons (Fsp3) is 0.818. The van der Waals surface area contributed by atoms with Crippen LogP contribution in [0.5, 0.6) is 0 Å². The molecule has 0 radical (unpaired) electrons. The molecule has 0 spiro atoms. The summed E-state index contributed by atoms with van der Waals surface area (Å²) in [6, 6.07) is 0. The first-order valence-electron chi connectivity index (χ1n) is 5.61. The lowest BCUT2D eigenvalue weighted by Gasteiger charge is -2.20. The van der Waals surface area contributed by atoms with E-state index in [1.165, 1.54) is 0 Å². The van der Waals surface area contributed by atoms with Crippen LogP contribution in [0.25, 0.3) is 0 Å². The van der Waals surface area contributed by atoms with E-state index >= 15 is 0 Å². The highest BCUT2D eigenvalue weighted by molar-refractivity contribution is 5.89. The van der Waals surface area contributed by atoms with Gasteiger partial charge in [0, 0.05) is 18.5 Å². The maximum absolute atomic E-state index is 11.4. The maximum atomic E-state index is 11.4. The molecule has 0 aromatic heterocycles. The molecule has 5 heteroatoms. The Kier molecular flexibility index (Phi) is 3.57. The lowest BCUT2D eigenvalue weighted by atomic mass is 10.1. The van der Waals surface area contributed by atoms with Gasteiger partial charge in [0.2, 0.25) is 11.8 Å². The Bertz CT molecular complexity index is 290. The Morgan fingerprint density at radius 1 is 1.31 bits per heavy atom. The van der Waals surface area contributed by atoms with Crippen LogP contribution in [-0.4, -0.2) is 29.4 Å². The monoisotopic (exact) mass is 227 g/mol. The Labute approximate surface area is 96.1 Å². The van der Waals surface area contributed by atoms with Gasteiger partial charge < -0.3 is 16.4 Å². The quantitative estimate of drug-likeness (QED) is 0.627. The van der Waals surface area contributed by atoms with Gasteiger partial charge in [-0.3, -0.25) is 9.59 Å². The van der Waals surface area contributed by atoms with Crippen LogP contribution in [0.2, 0.25) is 0 Å². The number of hydrogen-bond donors (Lipinski definition) is 3. The van der Waals surface area contributed by atoms with Crippen molar-refractivity contribution in [2.24, 2.45) is 5.73 Å². The van der Waals surface area contributed by atoms with E-state index in [1.807, 2.05) is 20.8 Å². The standard InChI is InChI=1S/C11H21N3O2/c1-10(2,3)14-8(15)4-7-13-9(16)11(12)5-6-11/h4-7,12H2,1-3H3,(H,13,16)(H,14,15). The van der Waals surface area contributed by atoms with Crippen molar-refractivity contribution in [3.8, 4) is 0 Å². The second-order valence-corrected chi connectivity index (χ2v) is 5.46. The molecule has 16 heavy (non-hydrogen) atoms. The van der Waals surface area contributed by atoms with Crippen molar-refractivity contribution >= 4 is 11.8 Å². The van der Waals surface area contributed by atoms with Crippen molar-refractivity contribution in [2.45, 2.75) is 51.1 Å². The molecule has 1 aliphatic carbocycles. The highest BCUT2D eigenvalue weighted by Crippen LogP contribution is 2.31. The van der Waals surface area contributed by atoms with Crippen molar-refractivity contribution in [2.75, 3.05) is 6.54 Å². The summed E-state index contributed by atoms with van der Waals surface area (Å²) in [5.74, 6) is -0.203. The summed E-state index contributed by atoms with van der Waals surface area (Å²) in [6.07, 6.45) is 1.78. The van der Waals surface area contributed by atoms with Gasteiger partial charge in [0.25, 0.3) is 0 Å². The van der Waals surface area contributed by atoms with Gasteiger partial charge in [0.1, 0.15) is 0 Å². The third kappa shape index (κ3) is 4.18. The molecule has 0 aromatic rings. The molecule has 1 rings (SSSR count). The van der Waals surface area contributed by atoms with Crippen LogP contribution in [-0.2, 0) is 9.59 Å². The number of carbonyl (C=O) groups excluding carboxylic acids is 2. The third-order valence-electron chi connectivity index (χ3n) is 2.39. The number of nitrogens with one attached hydrogen (secondary N) is 2. The van der Waals surface area contributed by atoms with Crippen molar-refractivity contribution < 1.29 is 9.59 Å². The molecule has 0 aliphatic heterocycles. The second kappa shape index (κ2) is 4.41. The molecular formula is C11H21N3O2. The molecule has 0 heterocycles. The van der Waals surface area contributed by atoms with E-state index in [0.29, 0.717) is 13.0 Å². The van der Waals surface area contributed by atoms with Gasteiger partial charge in [-0.2, -0.15) is 0 Å².